The predicted molar refractivity (Wildman–Crippen MR) is 166 cm³/mol. The summed E-state index contributed by atoms with van der Waals surface area (Å²) in [7, 11) is 0. The summed E-state index contributed by atoms with van der Waals surface area (Å²) in [4.78, 5) is 49.1. The van der Waals surface area contributed by atoms with Gasteiger partial charge in [0.05, 0.1) is 11.4 Å². The zero-order valence-corrected chi connectivity index (χ0v) is 25.0. The number of piperazine rings is 1. The van der Waals surface area contributed by atoms with Gasteiger partial charge < -0.3 is 29.8 Å². The minimum atomic E-state index is -0.362. The average Bonchev–Trinajstić information content (AvgIpc) is 3.60. The fourth-order valence-corrected chi connectivity index (χ4v) is 5.79. The van der Waals surface area contributed by atoms with Gasteiger partial charge in [-0.3, -0.25) is 14.4 Å². The number of hydrogen-bond donors (Lipinski definition) is 2. The van der Waals surface area contributed by atoms with E-state index in [-0.39, 0.29) is 23.4 Å². The Morgan fingerprint density at radius 2 is 1.74 bits per heavy atom. The van der Waals surface area contributed by atoms with Crippen molar-refractivity contribution in [2.75, 3.05) is 60.9 Å². The molecule has 226 valence electrons. The molecule has 0 atom stereocenters. The smallest absolute Gasteiger partial charge is 0.277 e. The quantitative estimate of drug-likeness (QED) is 0.338. The van der Waals surface area contributed by atoms with Crippen molar-refractivity contribution in [2.45, 2.75) is 51.9 Å². The maximum atomic E-state index is 13.3. The van der Waals surface area contributed by atoms with E-state index in [1.165, 1.54) is 23.1 Å². The Labute approximate surface area is 252 Å². The molecule has 0 bridgehead atoms. The van der Waals surface area contributed by atoms with Gasteiger partial charge >= 0.3 is 0 Å². The van der Waals surface area contributed by atoms with Gasteiger partial charge in [-0.15, -0.1) is 0 Å². The fraction of sp³-hybridized carbons (Fsp3) is 0.455. The number of rotatable bonds is 10. The zero-order chi connectivity index (χ0) is 29.9. The molecule has 2 aliphatic heterocycles. The molecule has 3 amide bonds. The number of nitrogens with zero attached hydrogens (tertiary/aromatic N) is 4. The van der Waals surface area contributed by atoms with Crippen molar-refractivity contribution in [3.05, 3.63) is 70.9 Å². The molecule has 3 aromatic rings. The summed E-state index contributed by atoms with van der Waals surface area (Å²) in [5.41, 5.74) is 5.91. The summed E-state index contributed by atoms with van der Waals surface area (Å²) in [6.07, 6.45) is 5.69. The lowest BCUT2D eigenvalue weighted by Crippen LogP contribution is -2.46. The third kappa shape index (κ3) is 6.68. The van der Waals surface area contributed by atoms with Crippen LogP contribution >= 0.6 is 0 Å². The number of carbonyl (C=O) groups excluding carboxylic acids is 3. The molecule has 0 spiro atoms. The minimum Gasteiger partial charge on any atom is -0.448 e. The van der Waals surface area contributed by atoms with E-state index in [1.54, 1.807) is 12.1 Å². The average molecular weight is 585 g/mol. The summed E-state index contributed by atoms with van der Waals surface area (Å²) in [6, 6.07) is 12.0. The van der Waals surface area contributed by atoms with E-state index < -0.39 is 0 Å². The SMILES string of the molecule is Cc1ccc(N2CCN(c3ccc(C(=O)NCCCN4CCCC4=O)cc3NC(=O)c3coc(C4CC4)n3)CC2)cc1C. The van der Waals surface area contributed by atoms with Crippen molar-refractivity contribution >= 4 is 34.8 Å². The number of likely N-dealkylation sites (tertiary alicyclic amines) is 1. The van der Waals surface area contributed by atoms with E-state index >= 15 is 0 Å². The first-order valence-corrected chi connectivity index (χ1v) is 15.4. The molecule has 0 unspecified atom stereocenters. The number of hydrogen-bond acceptors (Lipinski definition) is 7. The molecule has 3 heterocycles. The van der Waals surface area contributed by atoms with E-state index in [0.29, 0.717) is 49.0 Å². The molecule has 2 aromatic carbocycles. The summed E-state index contributed by atoms with van der Waals surface area (Å²) < 4.78 is 5.55. The normalized spacial score (nSPS) is 17.0. The number of oxazole rings is 1. The van der Waals surface area contributed by atoms with Crippen LogP contribution in [0.15, 0.2) is 47.1 Å². The van der Waals surface area contributed by atoms with E-state index in [0.717, 1.165) is 57.7 Å². The van der Waals surface area contributed by atoms with Gasteiger partial charge in [-0.05, 0) is 81.0 Å². The maximum absolute atomic E-state index is 13.3. The number of benzene rings is 2. The Morgan fingerprint density at radius 1 is 0.953 bits per heavy atom. The first kappa shape index (κ1) is 28.8. The van der Waals surface area contributed by atoms with Crippen molar-refractivity contribution in [1.29, 1.82) is 0 Å². The molecule has 3 aliphatic rings. The second-order valence-corrected chi connectivity index (χ2v) is 11.9. The van der Waals surface area contributed by atoms with E-state index in [1.807, 2.05) is 11.0 Å². The van der Waals surface area contributed by atoms with Crippen LogP contribution in [0.1, 0.15) is 75.9 Å². The lowest BCUT2D eigenvalue weighted by Gasteiger charge is -2.38. The number of aromatic nitrogens is 1. The molecular weight excluding hydrogens is 544 g/mol. The van der Waals surface area contributed by atoms with Crippen molar-refractivity contribution in [3.63, 3.8) is 0 Å². The van der Waals surface area contributed by atoms with Crippen molar-refractivity contribution < 1.29 is 18.8 Å². The standard InChI is InChI=1S/C33H40N6O4/c1-22-6-10-26(19-23(22)2)37-15-17-38(18-16-37)29-11-9-25(31(41)34-12-4-14-39-13-3-5-30(39)40)20-27(29)35-32(42)28-21-43-33(36-28)24-7-8-24/h6,9-11,19-21,24H,3-5,7-8,12-18H2,1-2H3,(H,34,41)(H,35,42). The molecule has 1 aliphatic carbocycles. The van der Waals surface area contributed by atoms with Gasteiger partial charge in [0.2, 0.25) is 5.91 Å². The molecule has 3 fully saturated rings. The van der Waals surface area contributed by atoms with E-state index in [4.69, 9.17) is 4.42 Å². The van der Waals surface area contributed by atoms with Gasteiger partial charge in [-0.2, -0.15) is 0 Å². The molecule has 1 aromatic heterocycles. The highest BCUT2D eigenvalue weighted by molar-refractivity contribution is 6.06. The van der Waals surface area contributed by atoms with Gasteiger partial charge in [-0.25, -0.2) is 4.98 Å². The van der Waals surface area contributed by atoms with Crippen LogP contribution in [0.3, 0.4) is 0 Å². The molecule has 0 radical (unpaired) electrons. The molecule has 10 nitrogen and oxygen atoms in total. The second-order valence-electron chi connectivity index (χ2n) is 11.9. The second kappa shape index (κ2) is 12.5. The Hall–Kier alpha value is -4.34. The van der Waals surface area contributed by atoms with Crippen molar-refractivity contribution in [2.24, 2.45) is 0 Å². The predicted octanol–water partition coefficient (Wildman–Crippen LogP) is 4.49. The lowest BCUT2D eigenvalue weighted by atomic mass is 10.1. The molecule has 43 heavy (non-hydrogen) atoms. The van der Waals surface area contributed by atoms with Crippen LogP contribution in [0.5, 0.6) is 0 Å². The molecule has 2 N–H and O–H groups in total. The van der Waals surface area contributed by atoms with Crippen LogP contribution in [-0.2, 0) is 4.79 Å². The highest BCUT2D eigenvalue weighted by Gasteiger charge is 2.30. The minimum absolute atomic E-state index is 0.188. The number of carbonyl (C=O) groups is 3. The highest BCUT2D eigenvalue weighted by atomic mass is 16.3. The number of aryl methyl sites for hydroxylation is 2. The van der Waals surface area contributed by atoms with E-state index in [9.17, 15) is 14.4 Å². The van der Waals surface area contributed by atoms with Gasteiger partial charge in [0.25, 0.3) is 11.8 Å². The number of amides is 3. The zero-order valence-electron chi connectivity index (χ0n) is 25.0. The van der Waals surface area contributed by atoms with Gasteiger partial charge in [0.15, 0.2) is 11.6 Å². The monoisotopic (exact) mass is 584 g/mol. The Bertz CT molecular complexity index is 1500. The Balaban J connectivity index is 1.15. The van der Waals surface area contributed by atoms with Crippen LogP contribution in [0.4, 0.5) is 17.1 Å². The first-order chi connectivity index (χ1) is 20.9. The van der Waals surface area contributed by atoms with Crippen LogP contribution in [0.2, 0.25) is 0 Å². The van der Waals surface area contributed by atoms with Gasteiger partial charge in [0, 0.05) is 69.4 Å². The van der Waals surface area contributed by atoms with Crippen LogP contribution in [0.25, 0.3) is 0 Å². The molecule has 6 rings (SSSR count). The van der Waals surface area contributed by atoms with Gasteiger partial charge in [0.1, 0.15) is 6.26 Å². The summed E-state index contributed by atoms with van der Waals surface area (Å²) in [5.74, 6) is 0.525. The van der Waals surface area contributed by atoms with E-state index in [2.05, 4.69) is 57.5 Å². The Morgan fingerprint density at radius 3 is 2.47 bits per heavy atom. The highest BCUT2D eigenvalue weighted by Crippen LogP contribution is 2.39. The third-order valence-corrected chi connectivity index (χ3v) is 8.73. The molecule has 2 saturated heterocycles. The Kier molecular flexibility index (Phi) is 8.35. The van der Waals surface area contributed by atoms with Crippen LogP contribution in [0, 0.1) is 13.8 Å². The van der Waals surface area contributed by atoms with Crippen molar-refractivity contribution in [3.8, 4) is 0 Å². The largest absolute Gasteiger partial charge is 0.448 e. The summed E-state index contributed by atoms with van der Waals surface area (Å²) >= 11 is 0. The molecule has 10 heteroatoms. The van der Waals surface area contributed by atoms with Crippen LogP contribution in [-0.4, -0.2) is 73.4 Å². The first-order valence-electron chi connectivity index (χ1n) is 15.4. The number of nitrogens with one attached hydrogen (secondary N) is 2. The molecule has 1 saturated carbocycles. The number of anilines is 3. The maximum Gasteiger partial charge on any atom is 0.277 e. The van der Waals surface area contributed by atoms with Crippen molar-refractivity contribution in [1.82, 2.24) is 15.2 Å². The lowest BCUT2D eigenvalue weighted by molar-refractivity contribution is -0.127. The fourth-order valence-electron chi connectivity index (χ4n) is 5.79. The third-order valence-electron chi connectivity index (χ3n) is 8.73. The molecular formula is C33H40N6O4. The topological polar surface area (TPSA) is 111 Å². The van der Waals surface area contributed by atoms with Gasteiger partial charge in [-0.1, -0.05) is 6.07 Å². The summed E-state index contributed by atoms with van der Waals surface area (Å²) in [5, 5.41) is 5.98. The van der Waals surface area contributed by atoms with Crippen LogP contribution < -0.4 is 20.4 Å². The summed E-state index contributed by atoms with van der Waals surface area (Å²) in [6.45, 7) is 9.39.